The van der Waals surface area contributed by atoms with Crippen LogP contribution >= 0.6 is 0 Å². The van der Waals surface area contributed by atoms with Crippen LogP contribution in [0.3, 0.4) is 0 Å². The molecular weight excluding hydrogens is 230 g/mol. The van der Waals surface area contributed by atoms with Gasteiger partial charge in [0.25, 0.3) is 5.91 Å². The van der Waals surface area contributed by atoms with Gasteiger partial charge in [-0.05, 0) is 38.6 Å². The van der Waals surface area contributed by atoms with E-state index in [1.165, 1.54) is 0 Å². The molecule has 18 heavy (non-hydrogen) atoms. The summed E-state index contributed by atoms with van der Waals surface area (Å²) in [5, 5.41) is 6.00. The summed E-state index contributed by atoms with van der Waals surface area (Å²) in [6, 6.07) is 5.73. The van der Waals surface area contributed by atoms with Crippen molar-refractivity contribution in [1.29, 1.82) is 0 Å². The van der Waals surface area contributed by atoms with Gasteiger partial charge in [0.05, 0.1) is 5.69 Å². The van der Waals surface area contributed by atoms with Gasteiger partial charge in [-0.25, -0.2) is 0 Å². The van der Waals surface area contributed by atoms with Crippen LogP contribution in [-0.2, 0) is 4.79 Å². The lowest BCUT2D eigenvalue weighted by atomic mass is 9.89. The van der Waals surface area contributed by atoms with Crippen LogP contribution in [0, 0.1) is 0 Å². The minimum absolute atomic E-state index is 0.00151. The lowest BCUT2D eigenvalue weighted by Crippen LogP contribution is -2.45. The van der Waals surface area contributed by atoms with Gasteiger partial charge >= 0.3 is 0 Å². The SMILES string of the molecule is CNC(c1ccc2c(c1)NC(=O)CO2)C(C)(C)N. The Labute approximate surface area is 107 Å². The van der Waals surface area contributed by atoms with Crippen molar-refractivity contribution in [2.24, 2.45) is 5.73 Å². The van der Waals surface area contributed by atoms with Gasteiger partial charge in [-0.1, -0.05) is 6.07 Å². The van der Waals surface area contributed by atoms with Crippen LogP contribution in [0.4, 0.5) is 5.69 Å². The summed E-state index contributed by atoms with van der Waals surface area (Å²) in [5.41, 5.74) is 7.47. The molecule has 1 aromatic rings. The molecule has 0 fully saturated rings. The van der Waals surface area contributed by atoms with E-state index >= 15 is 0 Å². The topological polar surface area (TPSA) is 76.4 Å². The van der Waals surface area contributed by atoms with E-state index in [0.29, 0.717) is 11.4 Å². The summed E-state index contributed by atoms with van der Waals surface area (Å²) >= 11 is 0. The second kappa shape index (κ2) is 4.59. The van der Waals surface area contributed by atoms with Gasteiger partial charge < -0.3 is 21.1 Å². The van der Waals surface area contributed by atoms with E-state index in [-0.39, 0.29) is 18.6 Å². The maximum absolute atomic E-state index is 11.3. The molecule has 1 atom stereocenters. The Balaban J connectivity index is 2.35. The van der Waals surface area contributed by atoms with Gasteiger partial charge in [0.1, 0.15) is 5.75 Å². The molecule has 1 aliphatic heterocycles. The molecule has 1 heterocycles. The molecule has 4 N–H and O–H groups in total. The van der Waals surface area contributed by atoms with E-state index in [9.17, 15) is 4.79 Å². The van der Waals surface area contributed by atoms with E-state index in [1.54, 1.807) is 0 Å². The second-order valence-electron chi connectivity index (χ2n) is 5.14. The third-order valence-corrected chi connectivity index (χ3v) is 3.00. The van der Waals surface area contributed by atoms with E-state index in [2.05, 4.69) is 10.6 Å². The molecule has 0 saturated heterocycles. The number of hydrogen-bond donors (Lipinski definition) is 3. The fraction of sp³-hybridized carbons (Fsp3) is 0.462. The van der Waals surface area contributed by atoms with Crippen molar-refractivity contribution < 1.29 is 9.53 Å². The van der Waals surface area contributed by atoms with Crippen molar-refractivity contribution in [2.45, 2.75) is 25.4 Å². The first-order valence-corrected chi connectivity index (χ1v) is 5.94. The number of anilines is 1. The fourth-order valence-electron chi connectivity index (χ4n) is 2.25. The Kier molecular flexibility index (Phi) is 3.28. The summed E-state index contributed by atoms with van der Waals surface area (Å²) < 4.78 is 5.33. The Morgan fingerprint density at radius 2 is 2.22 bits per heavy atom. The summed E-state index contributed by atoms with van der Waals surface area (Å²) in [5.74, 6) is 0.565. The molecule has 0 bridgehead atoms. The average molecular weight is 249 g/mol. The molecule has 0 spiro atoms. The van der Waals surface area contributed by atoms with Crippen LogP contribution in [-0.4, -0.2) is 25.1 Å². The lowest BCUT2D eigenvalue weighted by molar-refractivity contribution is -0.118. The summed E-state index contributed by atoms with van der Waals surface area (Å²) in [6.07, 6.45) is 0. The number of hydrogen-bond acceptors (Lipinski definition) is 4. The summed E-state index contributed by atoms with van der Waals surface area (Å²) in [7, 11) is 1.87. The largest absolute Gasteiger partial charge is 0.482 e. The van der Waals surface area contributed by atoms with Gasteiger partial charge in [-0.2, -0.15) is 0 Å². The molecule has 0 radical (unpaired) electrons. The van der Waals surface area contributed by atoms with E-state index in [4.69, 9.17) is 10.5 Å². The smallest absolute Gasteiger partial charge is 0.262 e. The number of amides is 1. The zero-order chi connectivity index (χ0) is 13.3. The van der Waals surface area contributed by atoms with Crippen LogP contribution < -0.4 is 21.1 Å². The molecule has 2 rings (SSSR count). The molecule has 1 amide bonds. The molecule has 1 aromatic carbocycles. The predicted octanol–water partition coefficient (Wildman–Crippen LogP) is 1.02. The molecule has 5 nitrogen and oxygen atoms in total. The van der Waals surface area contributed by atoms with Gasteiger partial charge in [0.15, 0.2) is 6.61 Å². The molecule has 0 saturated carbocycles. The lowest BCUT2D eigenvalue weighted by Gasteiger charge is -2.31. The third kappa shape index (κ3) is 2.47. The summed E-state index contributed by atoms with van der Waals surface area (Å²) in [4.78, 5) is 11.3. The second-order valence-corrected chi connectivity index (χ2v) is 5.14. The summed E-state index contributed by atoms with van der Waals surface area (Å²) in [6.45, 7) is 4.00. The molecule has 5 heteroatoms. The Morgan fingerprint density at radius 3 is 2.83 bits per heavy atom. The first-order valence-electron chi connectivity index (χ1n) is 5.94. The van der Waals surface area contributed by atoms with Crippen LogP contribution in [0.5, 0.6) is 5.75 Å². The number of rotatable bonds is 3. The average Bonchev–Trinajstić information content (AvgIpc) is 2.27. The van der Waals surface area contributed by atoms with Crippen molar-refractivity contribution in [3.05, 3.63) is 23.8 Å². The highest BCUT2D eigenvalue weighted by Crippen LogP contribution is 2.32. The quantitative estimate of drug-likeness (QED) is 0.747. The van der Waals surface area contributed by atoms with E-state index < -0.39 is 5.54 Å². The van der Waals surface area contributed by atoms with Crippen molar-refractivity contribution >= 4 is 11.6 Å². The Bertz CT molecular complexity index is 466. The molecule has 1 unspecified atom stereocenters. The fourth-order valence-corrected chi connectivity index (χ4v) is 2.25. The van der Waals surface area contributed by atoms with Crippen LogP contribution in [0.2, 0.25) is 0 Å². The number of carbonyl (C=O) groups excluding carboxylic acids is 1. The van der Waals surface area contributed by atoms with Gasteiger partial charge in [-0.3, -0.25) is 4.79 Å². The van der Waals surface area contributed by atoms with Crippen LogP contribution in [0.1, 0.15) is 25.5 Å². The number of carbonyl (C=O) groups is 1. The Morgan fingerprint density at radius 1 is 1.50 bits per heavy atom. The number of nitrogens with two attached hydrogens (primary N) is 1. The van der Waals surface area contributed by atoms with Crippen LogP contribution in [0.25, 0.3) is 0 Å². The number of likely N-dealkylation sites (N-methyl/N-ethyl adjacent to an activating group) is 1. The van der Waals surface area contributed by atoms with Crippen molar-refractivity contribution in [1.82, 2.24) is 5.32 Å². The molecule has 1 aliphatic rings. The zero-order valence-electron chi connectivity index (χ0n) is 10.9. The van der Waals surface area contributed by atoms with Crippen LogP contribution in [0.15, 0.2) is 18.2 Å². The van der Waals surface area contributed by atoms with Crippen molar-refractivity contribution in [2.75, 3.05) is 19.0 Å². The minimum atomic E-state index is -0.400. The Hall–Kier alpha value is -1.59. The highest BCUT2D eigenvalue weighted by molar-refractivity contribution is 5.95. The number of nitrogens with one attached hydrogen (secondary N) is 2. The number of ether oxygens (including phenoxy) is 1. The third-order valence-electron chi connectivity index (χ3n) is 3.00. The first kappa shape index (κ1) is 12.9. The maximum atomic E-state index is 11.3. The predicted molar refractivity (Wildman–Crippen MR) is 70.6 cm³/mol. The van der Waals surface area contributed by atoms with E-state index in [1.807, 2.05) is 39.1 Å². The monoisotopic (exact) mass is 249 g/mol. The number of benzene rings is 1. The van der Waals surface area contributed by atoms with Gasteiger partial charge in [0.2, 0.25) is 0 Å². The highest BCUT2D eigenvalue weighted by Gasteiger charge is 2.26. The standard InChI is InChI=1S/C13H19N3O2/c1-13(2,14)12(15-3)8-4-5-10-9(6-8)16-11(17)7-18-10/h4-6,12,15H,7,14H2,1-3H3,(H,16,17). The maximum Gasteiger partial charge on any atom is 0.262 e. The van der Waals surface area contributed by atoms with Gasteiger partial charge in [0, 0.05) is 11.6 Å². The molecule has 0 aliphatic carbocycles. The normalized spacial score (nSPS) is 16.6. The molecule has 98 valence electrons. The number of fused-ring (bicyclic) bond motifs is 1. The molecule has 0 aromatic heterocycles. The minimum Gasteiger partial charge on any atom is -0.482 e. The van der Waals surface area contributed by atoms with Gasteiger partial charge in [-0.15, -0.1) is 0 Å². The highest BCUT2D eigenvalue weighted by atomic mass is 16.5. The van der Waals surface area contributed by atoms with E-state index in [0.717, 1.165) is 5.56 Å². The van der Waals surface area contributed by atoms with Crippen molar-refractivity contribution in [3.8, 4) is 5.75 Å². The first-order chi connectivity index (χ1) is 8.41. The zero-order valence-corrected chi connectivity index (χ0v) is 10.9. The van der Waals surface area contributed by atoms with Crippen molar-refractivity contribution in [3.63, 3.8) is 0 Å². The molecular formula is C13H19N3O2.